The second kappa shape index (κ2) is 5.90. The number of nitrogens with one attached hydrogen (secondary N) is 1. The molecular weight excluding hydrogens is 329 g/mol. The summed E-state index contributed by atoms with van der Waals surface area (Å²) in [5.74, 6) is 1.03. The fourth-order valence-electron chi connectivity index (χ4n) is 2.31. The van der Waals surface area contributed by atoms with E-state index in [1.54, 1.807) is 41.2 Å². The molecule has 3 heterocycles. The summed E-state index contributed by atoms with van der Waals surface area (Å²) in [5, 5.41) is 8.28. The van der Waals surface area contributed by atoms with E-state index >= 15 is 0 Å². The third-order valence-corrected chi connectivity index (χ3v) is 3.71. The number of hydrogen-bond acceptors (Lipinski definition) is 4. The highest BCUT2D eigenvalue weighted by Crippen LogP contribution is 2.21. The molecule has 4 aromatic rings. The van der Waals surface area contributed by atoms with Gasteiger partial charge >= 0.3 is 0 Å². The smallest absolute Gasteiger partial charge is 0.155 e. The van der Waals surface area contributed by atoms with Crippen molar-refractivity contribution in [1.82, 2.24) is 19.6 Å². The standard InChI is InChI=1S/C17H11ClFN5/c18-12-3-7-15(20-9-12)22-17-10-21-16-8-6-14(23-24(16)17)11-1-4-13(19)5-2-11/h1-10H,(H,20,22). The lowest BCUT2D eigenvalue weighted by molar-refractivity contribution is 0.628. The molecule has 1 aromatic carbocycles. The van der Waals surface area contributed by atoms with Crippen molar-refractivity contribution in [3.8, 4) is 11.3 Å². The number of imidazole rings is 1. The van der Waals surface area contributed by atoms with Crippen molar-refractivity contribution in [2.75, 3.05) is 5.32 Å². The SMILES string of the molecule is Fc1ccc(-c2ccc3ncc(Nc4ccc(Cl)cn4)n3n2)cc1. The number of anilines is 2. The zero-order valence-corrected chi connectivity index (χ0v) is 13.1. The van der Waals surface area contributed by atoms with Gasteiger partial charge in [-0.05, 0) is 48.5 Å². The van der Waals surface area contributed by atoms with Crippen LogP contribution >= 0.6 is 11.6 Å². The van der Waals surface area contributed by atoms with Crippen molar-refractivity contribution in [3.05, 3.63) is 71.8 Å². The van der Waals surface area contributed by atoms with Crippen molar-refractivity contribution in [1.29, 1.82) is 0 Å². The molecule has 0 saturated carbocycles. The highest BCUT2D eigenvalue weighted by atomic mass is 35.5. The van der Waals surface area contributed by atoms with Crippen molar-refractivity contribution in [2.24, 2.45) is 0 Å². The second-order valence-electron chi connectivity index (χ2n) is 5.13. The molecule has 0 saturated heterocycles. The van der Waals surface area contributed by atoms with E-state index in [0.717, 1.165) is 5.56 Å². The van der Waals surface area contributed by atoms with Gasteiger partial charge in [-0.2, -0.15) is 9.61 Å². The lowest BCUT2D eigenvalue weighted by atomic mass is 10.1. The summed E-state index contributed by atoms with van der Waals surface area (Å²) >= 11 is 5.84. The molecule has 7 heteroatoms. The summed E-state index contributed by atoms with van der Waals surface area (Å²) in [6.45, 7) is 0. The fourth-order valence-corrected chi connectivity index (χ4v) is 2.43. The first-order chi connectivity index (χ1) is 11.7. The number of rotatable bonds is 3. The molecule has 0 bridgehead atoms. The first kappa shape index (κ1) is 14.6. The van der Waals surface area contributed by atoms with Crippen LogP contribution in [0.2, 0.25) is 5.02 Å². The molecule has 1 N–H and O–H groups in total. The van der Waals surface area contributed by atoms with E-state index < -0.39 is 0 Å². The van der Waals surface area contributed by atoms with Crippen LogP contribution in [-0.2, 0) is 0 Å². The summed E-state index contributed by atoms with van der Waals surface area (Å²) in [7, 11) is 0. The average molecular weight is 340 g/mol. The first-order valence-corrected chi connectivity index (χ1v) is 7.56. The Morgan fingerprint density at radius 2 is 1.75 bits per heavy atom. The van der Waals surface area contributed by atoms with Crippen LogP contribution in [0.5, 0.6) is 0 Å². The Labute approximate surface area is 141 Å². The highest BCUT2D eigenvalue weighted by Gasteiger charge is 2.08. The Bertz CT molecular complexity index is 996. The van der Waals surface area contributed by atoms with Crippen molar-refractivity contribution >= 4 is 28.9 Å². The number of benzene rings is 1. The lowest BCUT2D eigenvalue weighted by Gasteiger charge is -2.06. The van der Waals surface area contributed by atoms with Gasteiger partial charge in [0.25, 0.3) is 0 Å². The van der Waals surface area contributed by atoms with Gasteiger partial charge in [-0.15, -0.1) is 0 Å². The Morgan fingerprint density at radius 3 is 2.50 bits per heavy atom. The van der Waals surface area contributed by atoms with E-state index in [1.807, 2.05) is 12.1 Å². The quantitative estimate of drug-likeness (QED) is 0.603. The lowest BCUT2D eigenvalue weighted by Crippen LogP contribution is -2.01. The Kier molecular flexibility index (Phi) is 3.59. The molecule has 0 radical (unpaired) electrons. The molecule has 0 unspecified atom stereocenters. The van der Waals surface area contributed by atoms with Crippen LogP contribution in [0.15, 0.2) is 60.9 Å². The van der Waals surface area contributed by atoms with Crippen LogP contribution in [-0.4, -0.2) is 19.6 Å². The van der Waals surface area contributed by atoms with E-state index in [0.29, 0.717) is 28.0 Å². The minimum atomic E-state index is -0.279. The topological polar surface area (TPSA) is 55.1 Å². The van der Waals surface area contributed by atoms with Crippen LogP contribution in [0, 0.1) is 5.82 Å². The summed E-state index contributed by atoms with van der Waals surface area (Å²) in [4.78, 5) is 8.50. The normalized spacial score (nSPS) is 10.9. The predicted molar refractivity (Wildman–Crippen MR) is 90.9 cm³/mol. The van der Waals surface area contributed by atoms with Gasteiger partial charge in [-0.1, -0.05) is 11.6 Å². The number of fused-ring (bicyclic) bond motifs is 1. The number of halogens is 2. The Hall–Kier alpha value is -2.99. The first-order valence-electron chi connectivity index (χ1n) is 7.18. The predicted octanol–water partition coefficient (Wildman–Crippen LogP) is 4.33. The molecule has 4 rings (SSSR count). The zero-order valence-electron chi connectivity index (χ0n) is 12.3. The highest BCUT2D eigenvalue weighted by molar-refractivity contribution is 6.30. The molecule has 0 amide bonds. The molecule has 5 nitrogen and oxygen atoms in total. The fraction of sp³-hybridized carbons (Fsp3) is 0. The molecule has 0 fully saturated rings. The number of nitrogens with zero attached hydrogens (tertiary/aromatic N) is 4. The maximum atomic E-state index is 13.1. The molecule has 118 valence electrons. The molecule has 0 aliphatic rings. The van der Waals surface area contributed by atoms with Gasteiger partial charge in [0.15, 0.2) is 11.5 Å². The maximum Gasteiger partial charge on any atom is 0.155 e. The molecular formula is C17H11ClFN5. The van der Waals surface area contributed by atoms with Crippen molar-refractivity contribution in [2.45, 2.75) is 0 Å². The van der Waals surface area contributed by atoms with Crippen LogP contribution in [0.3, 0.4) is 0 Å². The molecule has 0 spiro atoms. The maximum absolute atomic E-state index is 13.1. The number of aromatic nitrogens is 4. The minimum Gasteiger partial charge on any atom is -0.324 e. The summed E-state index contributed by atoms with van der Waals surface area (Å²) in [6, 6.07) is 13.4. The third kappa shape index (κ3) is 2.79. The van der Waals surface area contributed by atoms with Crippen LogP contribution in [0.25, 0.3) is 16.9 Å². The molecule has 0 atom stereocenters. The number of hydrogen-bond donors (Lipinski definition) is 1. The summed E-state index contributed by atoms with van der Waals surface area (Å²) < 4.78 is 14.8. The van der Waals surface area contributed by atoms with Gasteiger partial charge in [-0.25, -0.2) is 14.4 Å². The molecule has 3 aromatic heterocycles. The Balaban J connectivity index is 1.73. The van der Waals surface area contributed by atoms with E-state index in [4.69, 9.17) is 11.6 Å². The summed E-state index contributed by atoms with van der Waals surface area (Å²) in [6.07, 6.45) is 3.23. The van der Waals surface area contributed by atoms with Gasteiger partial charge in [0.05, 0.1) is 16.9 Å². The van der Waals surface area contributed by atoms with Gasteiger partial charge < -0.3 is 5.32 Å². The third-order valence-electron chi connectivity index (χ3n) is 3.49. The van der Waals surface area contributed by atoms with Crippen LogP contribution in [0.1, 0.15) is 0 Å². The molecule has 0 aliphatic carbocycles. The number of pyridine rings is 1. The van der Waals surface area contributed by atoms with Crippen LogP contribution < -0.4 is 5.32 Å². The molecule has 0 aliphatic heterocycles. The van der Waals surface area contributed by atoms with E-state index in [-0.39, 0.29) is 5.82 Å². The van der Waals surface area contributed by atoms with Crippen molar-refractivity contribution < 1.29 is 4.39 Å². The zero-order chi connectivity index (χ0) is 16.5. The van der Waals surface area contributed by atoms with Gasteiger partial charge in [0, 0.05) is 11.8 Å². The van der Waals surface area contributed by atoms with Crippen molar-refractivity contribution in [3.63, 3.8) is 0 Å². The summed E-state index contributed by atoms with van der Waals surface area (Å²) in [5.41, 5.74) is 2.23. The minimum absolute atomic E-state index is 0.279. The monoisotopic (exact) mass is 339 g/mol. The largest absolute Gasteiger partial charge is 0.324 e. The second-order valence-corrected chi connectivity index (χ2v) is 5.56. The van der Waals surface area contributed by atoms with E-state index in [9.17, 15) is 4.39 Å². The average Bonchev–Trinajstić information content (AvgIpc) is 3.00. The van der Waals surface area contributed by atoms with Gasteiger partial charge in [-0.3, -0.25) is 0 Å². The Morgan fingerprint density at radius 1 is 0.917 bits per heavy atom. The molecule has 24 heavy (non-hydrogen) atoms. The van der Waals surface area contributed by atoms with Gasteiger partial charge in [0.2, 0.25) is 0 Å². The van der Waals surface area contributed by atoms with Crippen LogP contribution in [0.4, 0.5) is 16.0 Å². The van der Waals surface area contributed by atoms with E-state index in [2.05, 4.69) is 20.4 Å². The van der Waals surface area contributed by atoms with E-state index in [1.165, 1.54) is 12.1 Å². The van der Waals surface area contributed by atoms with Gasteiger partial charge in [0.1, 0.15) is 11.6 Å².